The number of halogens is 2. The summed E-state index contributed by atoms with van der Waals surface area (Å²) in [6.07, 6.45) is 0.255. The monoisotopic (exact) mass is 387 g/mol. The van der Waals surface area contributed by atoms with Crippen molar-refractivity contribution in [3.05, 3.63) is 23.2 Å². The van der Waals surface area contributed by atoms with Gasteiger partial charge < -0.3 is 15.5 Å². The van der Waals surface area contributed by atoms with Gasteiger partial charge in [0.1, 0.15) is 0 Å². The fraction of sp³-hybridized carbons (Fsp3) is 0.500. The van der Waals surface area contributed by atoms with Crippen molar-refractivity contribution in [3.8, 4) is 0 Å². The fourth-order valence-corrected chi connectivity index (χ4v) is 4.86. The molecule has 0 spiro atoms. The summed E-state index contributed by atoms with van der Waals surface area (Å²) in [6, 6.07) is 5.44. The lowest BCUT2D eigenvalue weighted by Crippen LogP contribution is -2.37. The van der Waals surface area contributed by atoms with Crippen molar-refractivity contribution in [2.75, 3.05) is 31.5 Å². The number of carbonyl (C=O) groups excluding carboxylic acids is 2. The van der Waals surface area contributed by atoms with Gasteiger partial charge in [-0.05, 0) is 30.0 Å². The fourth-order valence-electron chi connectivity index (χ4n) is 3.60. The summed E-state index contributed by atoms with van der Waals surface area (Å²) in [4.78, 5) is 27.7. The SMILES string of the molecule is Cl.O=C1Nc2cc(Cl)ccc2SC1CC(=O)N1C[C@H]2CNC[C@H]2C1. The Bertz CT molecular complexity index is 661. The van der Waals surface area contributed by atoms with Gasteiger partial charge in [-0.1, -0.05) is 11.6 Å². The maximum Gasteiger partial charge on any atom is 0.238 e. The van der Waals surface area contributed by atoms with E-state index in [1.54, 1.807) is 12.1 Å². The normalized spacial score (nSPS) is 28.0. The van der Waals surface area contributed by atoms with Gasteiger partial charge in [-0.25, -0.2) is 0 Å². The number of likely N-dealkylation sites (tertiary alicyclic amines) is 1. The van der Waals surface area contributed by atoms with Crippen LogP contribution in [0.4, 0.5) is 5.69 Å². The standard InChI is InChI=1S/C16H18ClN3O2S.ClH/c17-11-1-2-13-12(3-11)19-16(22)14(23-13)4-15(21)20-7-9-5-18-6-10(9)8-20;/h1-3,9-10,14,18H,4-8H2,(H,19,22);1H/t9-,10+,14?;. The molecule has 0 radical (unpaired) electrons. The molecule has 4 rings (SSSR count). The number of amides is 2. The molecule has 0 aliphatic carbocycles. The molecule has 0 aromatic heterocycles. The van der Waals surface area contributed by atoms with Crippen LogP contribution >= 0.6 is 35.8 Å². The van der Waals surface area contributed by atoms with E-state index in [-0.39, 0.29) is 35.9 Å². The van der Waals surface area contributed by atoms with Crippen molar-refractivity contribution < 1.29 is 9.59 Å². The third-order valence-electron chi connectivity index (χ3n) is 4.86. The highest BCUT2D eigenvalue weighted by molar-refractivity contribution is 8.01. The first kappa shape index (κ1) is 17.9. The number of rotatable bonds is 2. The largest absolute Gasteiger partial charge is 0.342 e. The van der Waals surface area contributed by atoms with Gasteiger partial charge in [0.05, 0.1) is 10.9 Å². The predicted molar refractivity (Wildman–Crippen MR) is 98.0 cm³/mol. The topological polar surface area (TPSA) is 61.4 Å². The predicted octanol–water partition coefficient (Wildman–Crippen LogP) is 2.24. The van der Waals surface area contributed by atoms with Crippen molar-refractivity contribution >= 4 is 53.3 Å². The lowest BCUT2D eigenvalue weighted by atomic mass is 10.0. The molecule has 130 valence electrons. The molecule has 1 aromatic rings. The lowest BCUT2D eigenvalue weighted by molar-refractivity contribution is -0.131. The highest BCUT2D eigenvalue weighted by atomic mass is 35.5. The molecule has 3 atom stereocenters. The summed E-state index contributed by atoms with van der Waals surface area (Å²) in [5.41, 5.74) is 0.734. The number of anilines is 1. The van der Waals surface area contributed by atoms with E-state index < -0.39 is 0 Å². The zero-order valence-corrected chi connectivity index (χ0v) is 15.3. The van der Waals surface area contributed by atoms with Gasteiger partial charge in [-0.2, -0.15) is 0 Å². The summed E-state index contributed by atoms with van der Waals surface area (Å²) in [7, 11) is 0. The number of thioether (sulfide) groups is 1. The number of hydrogen-bond acceptors (Lipinski definition) is 4. The maximum absolute atomic E-state index is 12.5. The molecule has 1 unspecified atom stereocenters. The molecule has 2 saturated heterocycles. The molecule has 3 aliphatic rings. The molecule has 24 heavy (non-hydrogen) atoms. The van der Waals surface area contributed by atoms with Crippen LogP contribution in [0.3, 0.4) is 0 Å². The Kier molecular flexibility index (Phi) is 5.30. The van der Waals surface area contributed by atoms with Crippen LogP contribution in [-0.2, 0) is 9.59 Å². The number of nitrogens with zero attached hydrogens (tertiary/aromatic N) is 1. The number of fused-ring (bicyclic) bond motifs is 2. The second-order valence-corrected chi connectivity index (χ2v) is 8.10. The first-order valence-corrected chi connectivity index (χ1v) is 9.11. The van der Waals surface area contributed by atoms with E-state index in [4.69, 9.17) is 11.6 Å². The second kappa shape index (κ2) is 7.12. The van der Waals surface area contributed by atoms with Crippen LogP contribution in [0.5, 0.6) is 0 Å². The Morgan fingerprint density at radius 1 is 1.29 bits per heavy atom. The van der Waals surface area contributed by atoms with E-state index >= 15 is 0 Å². The Morgan fingerprint density at radius 3 is 2.71 bits per heavy atom. The van der Waals surface area contributed by atoms with E-state index in [1.807, 2.05) is 11.0 Å². The number of hydrogen-bond donors (Lipinski definition) is 2. The highest BCUT2D eigenvalue weighted by Crippen LogP contribution is 2.38. The van der Waals surface area contributed by atoms with Crippen LogP contribution in [0.15, 0.2) is 23.1 Å². The van der Waals surface area contributed by atoms with Crippen LogP contribution in [0.1, 0.15) is 6.42 Å². The third kappa shape index (κ3) is 3.38. The Labute approximate surface area is 156 Å². The first-order valence-electron chi connectivity index (χ1n) is 7.86. The number of benzene rings is 1. The molecule has 3 heterocycles. The molecule has 2 fully saturated rings. The highest BCUT2D eigenvalue weighted by Gasteiger charge is 2.39. The summed E-state index contributed by atoms with van der Waals surface area (Å²) in [5, 5.41) is 6.46. The van der Waals surface area contributed by atoms with Crippen LogP contribution in [0.25, 0.3) is 0 Å². The quantitative estimate of drug-likeness (QED) is 0.816. The lowest BCUT2D eigenvalue weighted by Gasteiger charge is -2.26. The summed E-state index contributed by atoms with van der Waals surface area (Å²) >= 11 is 7.40. The average Bonchev–Trinajstić information content (AvgIpc) is 3.09. The van der Waals surface area contributed by atoms with E-state index in [1.165, 1.54) is 11.8 Å². The Morgan fingerprint density at radius 2 is 2.00 bits per heavy atom. The second-order valence-electron chi connectivity index (χ2n) is 6.42. The molecule has 5 nitrogen and oxygen atoms in total. The summed E-state index contributed by atoms with van der Waals surface area (Å²) in [6.45, 7) is 3.64. The van der Waals surface area contributed by atoms with E-state index in [9.17, 15) is 9.59 Å². The summed E-state index contributed by atoms with van der Waals surface area (Å²) in [5.74, 6) is 1.13. The molecule has 0 bridgehead atoms. The summed E-state index contributed by atoms with van der Waals surface area (Å²) < 4.78 is 0. The van der Waals surface area contributed by atoms with Crippen molar-refractivity contribution in [2.24, 2.45) is 11.8 Å². The van der Waals surface area contributed by atoms with Gasteiger partial charge in [0.25, 0.3) is 0 Å². The molecule has 2 N–H and O–H groups in total. The van der Waals surface area contributed by atoms with Crippen LogP contribution in [0.2, 0.25) is 5.02 Å². The number of carbonyl (C=O) groups is 2. The van der Waals surface area contributed by atoms with Crippen molar-refractivity contribution in [1.29, 1.82) is 0 Å². The van der Waals surface area contributed by atoms with Gasteiger partial charge in [0.15, 0.2) is 0 Å². The molecule has 8 heteroatoms. The van der Waals surface area contributed by atoms with Crippen LogP contribution in [-0.4, -0.2) is 48.1 Å². The Hall–Kier alpha value is -0.950. The van der Waals surface area contributed by atoms with Gasteiger partial charge in [-0.3, -0.25) is 9.59 Å². The number of nitrogens with one attached hydrogen (secondary N) is 2. The molecular formula is C16H19Cl2N3O2S. The van der Waals surface area contributed by atoms with Gasteiger partial charge in [0, 0.05) is 42.5 Å². The molecule has 1 aromatic carbocycles. The van der Waals surface area contributed by atoms with E-state index in [2.05, 4.69) is 10.6 Å². The molecule has 3 aliphatic heterocycles. The molecule has 0 saturated carbocycles. The zero-order chi connectivity index (χ0) is 16.0. The van der Waals surface area contributed by atoms with Crippen molar-refractivity contribution in [1.82, 2.24) is 10.2 Å². The van der Waals surface area contributed by atoms with Crippen LogP contribution in [0, 0.1) is 11.8 Å². The minimum absolute atomic E-state index is 0. The first-order chi connectivity index (χ1) is 11.1. The maximum atomic E-state index is 12.5. The minimum Gasteiger partial charge on any atom is -0.342 e. The van der Waals surface area contributed by atoms with Gasteiger partial charge in [-0.15, -0.1) is 24.2 Å². The van der Waals surface area contributed by atoms with Crippen molar-refractivity contribution in [3.63, 3.8) is 0 Å². The molecular weight excluding hydrogens is 369 g/mol. The zero-order valence-electron chi connectivity index (χ0n) is 13.0. The minimum atomic E-state index is -0.366. The van der Waals surface area contributed by atoms with E-state index in [0.717, 1.165) is 36.8 Å². The average molecular weight is 388 g/mol. The third-order valence-corrected chi connectivity index (χ3v) is 6.37. The Balaban J connectivity index is 0.00000169. The van der Waals surface area contributed by atoms with Crippen molar-refractivity contribution in [2.45, 2.75) is 16.6 Å². The van der Waals surface area contributed by atoms with Crippen LogP contribution < -0.4 is 10.6 Å². The smallest absolute Gasteiger partial charge is 0.238 e. The van der Waals surface area contributed by atoms with Gasteiger partial charge in [0.2, 0.25) is 11.8 Å². The van der Waals surface area contributed by atoms with Gasteiger partial charge >= 0.3 is 0 Å². The van der Waals surface area contributed by atoms with E-state index in [0.29, 0.717) is 16.9 Å². The molecule has 2 amide bonds.